The molecule has 0 aliphatic carbocycles. The maximum absolute atomic E-state index is 5.55. The summed E-state index contributed by atoms with van der Waals surface area (Å²) >= 11 is 0. The van der Waals surface area contributed by atoms with Crippen LogP contribution in [0.4, 0.5) is 5.82 Å². The first-order valence-electron chi connectivity index (χ1n) is 3.44. The molecule has 0 atom stereocenters. The number of pyridine rings is 1. The lowest BCUT2D eigenvalue weighted by Gasteiger charge is -2.05. The van der Waals surface area contributed by atoms with Gasteiger partial charge in [-0.05, 0) is 6.07 Å². The minimum absolute atomic E-state index is 0.340. The molecule has 2 N–H and O–H groups in total. The van der Waals surface area contributed by atoms with Crippen LogP contribution in [-0.4, -0.2) is 4.98 Å². The third-order valence-corrected chi connectivity index (χ3v) is 1.38. The Morgan fingerprint density at radius 3 is 2.83 bits per heavy atom. The van der Waals surface area contributed by atoms with Gasteiger partial charge in [0.05, 0.1) is 6.26 Å². The predicted molar refractivity (Wildman–Crippen MR) is 49.6 cm³/mol. The van der Waals surface area contributed by atoms with Gasteiger partial charge < -0.3 is 10.5 Å². The molecule has 0 aromatic carbocycles. The molecule has 3 nitrogen and oxygen atoms in total. The molecule has 0 saturated carbocycles. The summed E-state index contributed by atoms with van der Waals surface area (Å²) in [5, 5.41) is 0. The highest BCUT2D eigenvalue weighted by Crippen LogP contribution is 2.24. The van der Waals surface area contributed by atoms with Crippen molar-refractivity contribution in [3.8, 4) is 5.75 Å². The monoisotopic (exact) mass is 162 g/mol. The second-order valence-corrected chi connectivity index (χ2v) is 2.10. The number of nitrogens with two attached hydrogens (primary N) is 1. The van der Waals surface area contributed by atoms with Crippen LogP contribution in [0.1, 0.15) is 5.56 Å². The molecule has 0 saturated heterocycles. The zero-order valence-electron chi connectivity index (χ0n) is 6.66. The second-order valence-electron chi connectivity index (χ2n) is 2.10. The summed E-state index contributed by atoms with van der Waals surface area (Å²) in [6.45, 7) is 7.05. The van der Waals surface area contributed by atoms with Crippen molar-refractivity contribution in [2.24, 2.45) is 0 Å². The molecule has 0 fully saturated rings. The van der Waals surface area contributed by atoms with Crippen molar-refractivity contribution in [2.45, 2.75) is 0 Å². The Labute approximate surface area is 71.2 Å². The van der Waals surface area contributed by atoms with Crippen LogP contribution in [0.15, 0.2) is 31.7 Å². The van der Waals surface area contributed by atoms with Gasteiger partial charge in [-0.25, -0.2) is 4.98 Å². The Hall–Kier alpha value is -1.77. The lowest BCUT2D eigenvalue weighted by Crippen LogP contribution is -1.96. The summed E-state index contributed by atoms with van der Waals surface area (Å²) in [5.41, 5.74) is 6.36. The number of nitrogens with zero attached hydrogens (tertiary/aromatic N) is 1. The Morgan fingerprint density at radius 2 is 2.25 bits per heavy atom. The summed E-state index contributed by atoms with van der Waals surface area (Å²) in [7, 11) is 0. The minimum atomic E-state index is 0.340. The SMILES string of the molecule is C=COc1c(C=C)ccnc1N. The summed E-state index contributed by atoms with van der Waals surface area (Å²) < 4.78 is 5.06. The van der Waals surface area contributed by atoms with Crippen molar-refractivity contribution in [2.75, 3.05) is 5.73 Å². The van der Waals surface area contributed by atoms with Gasteiger partial charge in [0.1, 0.15) is 0 Å². The van der Waals surface area contributed by atoms with Gasteiger partial charge in [-0.2, -0.15) is 0 Å². The van der Waals surface area contributed by atoms with E-state index in [2.05, 4.69) is 18.1 Å². The molecule has 1 heterocycles. The van der Waals surface area contributed by atoms with Gasteiger partial charge in [0.15, 0.2) is 11.6 Å². The molecule has 0 amide bonds. The average molecular weight is 162 g/mol. The van der Waals surface area contributed by atoms with E-state index < -0.39 is 0 Å². The lowest BCUT2D eigenvalue weighted by molar-refractivity contribution is 0.483. The van der Waals surface area contributed by atoms with Gasteiger partial charge in [-0.1, -0.05) is 19.2 Å². The number of hydrogen-bond acceptors (Lipinski definition) is 3. The van der Waals surface area contributed by atoms with Crippen molar-refractivity contribution >= 4 is 11.9 Å². The molecule has 0 aliphatic heterocycles. The van der Waals surface area contributed by atoms with Crippen LogP contribution >= 0.6 is 0 Å². The molecule has 0 radical (unpaired) electrons. The molecule has 0 aliphatic rings. The van der Waals surface area contributed by atoms with Crippen molar-refractivity contribution in [3.63, 3.8) is 0 Å². The average Bonchev–Trinajstić information content (AvgIpc) is 2.09. The lowest BCUT2D eigenvalue weighted by atomic mass is 10.2. The topological polar surface area (TPSA) is 48.1 Å². The van der Waals surface area contributed by atoms with Crippen LogP contribution in [0, 0.1) is 0 Å². The molecule has 0 spiro atoms. The molecule has 0 bridgehead atoms. The molecular weight excluding hydrogens is 152 g/mol. The van der Waals surface area contributed by atoms with E-state index in [0.717, 1.165) is 5.56 Å². The van der Waals surface area contributed by atoms with Gasteiger partial charge in [-0.15, -0.1) is 0 Å². The Kier molecular flexibility index (Phi) is 2.48. The third kappa shape index (κ3) is 1.45. The van der Waals surface area contributed by atoms with Crippen LogP contribution in [0.25, 0.3) is 6.08 Å². The van der Waals surface area contributed by atoms with Crippen LogP contribution in [0.2, 0.25) is 0 Å². The third-order valence-electron chi connectivity index (χ3n) is 1.38. The Morgan fingerprint density at radius 1 is 1.50 bits per heavy atom. The van der Waals surface area contributed by atoms with E-state index in [-0.39, 0.29) is 0 Å². The fourth-order valence-corrected chi connectivity index (χ4v) is 0.853. The summed E-state index contributed by atoms with van der Waals surface area (Å²) in [6, 6.07) is 1.77. The molecule has 12 heavy (non-hydrogen) atoms. The molecule has 1 aromatic heterocycles. The maximum atomic E-state index is 5.55. The zero-order valence-corrected chi connectivity index (χ0v) is 6.66. The smallest absolute Gasteiger partial charge is 0.175 e. The number of ether oxygens (including phenoxy) is 1. The number of rotatable bonds is 3. The second kappa shape index (κ2) is 3.57. The van der Waals surface area contributed by atoms with Crippen LogP contribution in [0.3, 0.4) is 0 Å². The highest BCUT2D eigenvalue weighted by molar-refractivity contribution is 5.63. The molecule has 62 valence electrons. The molecule has 1 aromatic rings. The van der Waals surface area contributed by atoms with E-state index in [1.807, 2.05) is 0 Å². The number of anilines is 1. The van der Waals surface area contributed by atoms with Gasteiger partial charge >= 0.3 is 0 Å². The maximum Gasteiger partial charge on any atom is 0.175 e. The number of aromatic nitrogens is 1. The first-order valence-corrected chi connectivity index (χ1v) is 3.44. The minimum Gasteiger partial charge on any atom is -0.461 e. The van der Waals surface area contributed by atoms with E-state index in [1.165, 1.54) is 6.26 Å². The first kappa shape index (κ1) is 8.33. The summed E-state index contributed by atoms with van der Waals surface area (Å²) in [5.74, 6) is 0.842. The molecule has 0 unspecified atom stereocenters. The Balaban J connectivity index is 3.18. The standard InChI is InChI=1S/C9H10N2O/c1-3-7-5-6-11-9(10)8(7)12-4-2/h3-6H,1-2H2,(H2,10,11). The fraction of sp³-hybridized carbons (Fsp3) is 0. The van der Waals surface area contributed by atoms with Crippen LogP contribution in [-0.2, 0) is 0 Å². The van der Waals surface area contributed by atoms with E-state index in [1.54, 1.807) is 18.3 Å². The van der Waals surface area contributed by atoms with Gasteiger partial charge in [0.2, 0.25) is 0 Å². The van der Waals surface area contributed by atoms with Crippen LogP contribution < -0.4 is 10.5 Å². The molecule has 3 heteroatoms. The highest BCUT2D eigenvalue weighted by Gasteiger charge is 2.03. The summed E-state index contributed by atoms with van der Waals surface area (Å²) in [6.07, 6.45) is 4.56. The van der Waals surface area contributed by atoms with Gasteiger partial charge in [0.25, 0.3) is 0 Å². The summed E-state index contributed by atoms with van der Waals surface area (Å²) in [4.78, 5) is 3.86. The molecular formula is C9H10N2O. The van der Waals surface area contributed by atoms with Crippen molar-refractivity contribution in [1.82, 2.24) is 4.98 Å². The van der Waals surface area contributed by atoms with Crippen molar-refractivity contribution in [1.29, 1.82) is 0 Å². The predicted octanol–water partition coefficient (Wildman–Crippen LogP) is 1.83. The van der Waals surface area contributed by atoms with Crippen molar-refractivity contribution in [3.05, 3.63) is 37.2 Å². The Bertz CT molecular complexity index is 307. The highest BCUT2D eigenvalue weighted by atomic mass is 16.5. The molecule has 1 rings (SSSR count). The van der Waals surface area contributed by atoms with E-state index in [4.69, 9.17) is 10.5 Å². The van der Waals surface area contributed by atoms with E-state index in [9.17, 15) is 0 Å². The largest absolute Gasteiger partial charge is 0.461 e. The number of hydrogen-bond donors (Lipinski definition) is 1. The zero-order chi connectivity index (χ0) is 8.97. The van der Waals surface area contributed by atoms with Crippen molar-refractivity contribution < 1.29 is 4.74 Å². The quantitative estimate of drug-likeness (QED) is 0.690. The fourth-order valence-electron chi connectivity index (χ4n) is 0.853. The van der Waals surface area contributed by atoms with Gasteiger partial charge in [0, 0.05) is 11.8 Å². The van der Waals surface area contributed by atoms with E-state index in [0.29, 0.717) is 11.6 Å². The number of nitrogen functional groups attached to an aromatic ring is 1. The first-order chi connectivity index (χ1) is 5.79. The van der Waals surface area contributed by atoms with Crippen LogP contribution in [0.5, 0.6) is 5.75 Å². The normalized spacial score (nSPS) is 9.00. The van der Waals surface area contributed by atoms with Gasteiger partial charge in [-0.3, -0.25) is 0 Å². The van der Waals surface area contributed by atoms with E-state index >= 15 is 0 Å².